The molecular weight excluding hydrogens is 262 g/mol. The zero-order chi connectivity index (χ0) is 9.97. The third-order valence-corrected chi connectivity index (χ3v) is 3.73. The molecule has 0 aromatic carbocycles. The van der Waals surface area contributed by atoms with E-state index in [4.69, 9.17) is 10.2 Å². The van der Waals surface area contributed by atoms with Gasteiger partial charge in [-0.15, -0.1) is 11.3 Å². The van der Waals surface area contributed by atoms with Crippen LogP contribution in [0, 0.1) is 0 Å². The van der Waals surface area contributed by atoms with Crippen molar-refractivity contribution in [3.8, 4) is 0 Å². The van der Waals surface area contributed by atoms with E-state index in [1.807, 2.05) is 6.07 Å². The van der Waals surface area contributed by atoms with Gasteiger partial charge in [0, 0.05) is 32.8 Å². The Bertz CT molecular complexity index is 396. The van der Waals surface area contributed by atoms with Crippen LogP contribution in [0.25, 0.3) is 0 Å². The highest BCUT2D eigenvalue weighted by molar-refractivity contribution is 9.10. The van der Waals surface area contributed by atoms with Gasteiger partial charge >= 0.3 is 0 Å². The highest BCUT2D eigenvalue weighted by Crippen LogP contribution is 2.24. The van der Waals surface area contributed by atoms with Crippen molar-refractivity contribution in [1.29, 1.82) is 0 Å². The third kappa shape index (κ3) is 2.26. The molecule has 0 saturated heterocycles. The second-order valence-corrected chi connectivity index (χ2v) is 5.01. The SMILES string of the molecule is NC(Cc1cc(Br)cs1)c1ccoc1. The number of nitrogens with two attached hydrogens (primary N) is 1. The van der Waals surface area contributed by atoms with E-state index in [1.54, 1.807) is 23.9 Å². The fourth-order valence-electron chi connectivity index (χ4n) is 1.28. The maximum Gasteiger partial charge on any atom is 0.0950 e. The zero-order valence-electron chi connectivity index (χ0n) is 7.44. The van der Waals surface area contributed by atoms with Gasteiger partial charge in [0.15, 0.2) is 0 Å². The first-order valence-corrected chi connectivity index (χ1v) is 5.93. The van der Waals surface area contributed by atoms with Crippen molar-refractivity contribution in [3.05, 3.63) is 45.0 Å². The van der Waals surface area contributed by atoms with Crippen LogP contribution in [0.15, 0.2) is 38.9 Å². The number of halogens is 1. The van der Waals surface area contributed by atoms with E-state index < -0.39 is 0 Å². The largest absolute Gasteiger partial charge is 0.472 e. The van der Waals surface area contributed by atoms with E-state index in [2.05, 4.69) is 27.4 Å². The maximum atomic E-state index is 6.01. The Morgan fingerprint density at radius 2 is 2.43 bits per heavy atom. The van der Waals surface area contributed by atoms with E-state index in [-0.39, 0.29) is 6.04 Å². The third-order valence-electron chi connectivity index (χ3n) is 2.01. The average Bonchev–Trinajstić information content (AvgIpc) is 2.75. The van der Waals surface area contributed by atoms with Crippen LogP contribution in [0.3, 0.4) is 0 Å². The molecule has 1 unspecified atom stereocenters. The van der Waals surface area contributed by atoms with E-state index in [1.165, 1.54) is 4.88 Å². The fraction of sp³-hybridized carbons (Fsp3) is 0.200. The zero-order valence-corrected chi connectivity index (χ0v) is 9.85. The Balaban J connectivity index is 2.05. The molecule has 0 radical (unpaired) electrons. The van der Waals surface area contributed by atoms with Gasteiger partial charge in [-0.3, -0.25) is 0 Å². The van der Waals surface area contributed by atoms with Crippen LogP contribution in [0.5, 0.6) is 0 Å². The minimum absolute atomic E-state index is 0.0271. The van der Waals surface area contributed by atoms with E-state index in [0.29, 0.717) is 0 Å². The van der Waals surface area contributed by atoms with Crippen LogP contribution in [-0.4, -0.2) is 0 Å². The Hall–Kier alpha value is -0.580. The first kappa shape index (κ1) is 9.96. The van der Waals surface area contributed by atoms with Gasteiger partial charge in [-0.25, -0.2) is 0 Å². The van der Waals surface area contributed by atoms with Gasteiger partial charge in [0.2, 0.25) is 0 Å². The van der Waals surface area contributed by atoms with E-state index in [0.717, 1.165) is 16.5 Å². The first-order valence-electron chi connectivity index (χ1n) is 4.26. The first-order chi connectivity index (χ1) is 6.75. The molecule has 2 aromatic heterocycles. The minimum atomic E-state index is 0.0271. The monoisotopic (exact) mass is 271 g/mol. The molecule has 0 aliphatic heterocycles. The summed E-state index contributed by atoms with van der Waals surface area (Å²) in [5.74, 6) is 0. The van der Waals surface area contributed by atoms with Crippen molar-refractivity contribution in [3.63, 3.8) is 0 Å². The maximum absolute atomic E-state index is 6.01. The quantitative estimate of drug-likeness (QED) is 0.930. The summed E-state index contributed by atoms with van der Waals surface area (Å²) in [5, 5.41) is 2.07. The number of hydrogen-bond donors (Lipinski definition) is 1. The normalized spacial score (nSPS) is 13.0. The molecule has 2 nitrogen and oxygen atoms in total. The summed E-state index contributed by atoms with van der Waals surface area (Å²) in [6.45, 7) is 0. The average molecular weight is 272 g/mol. The topological polar surface area (TPSA) is 39.2 Å². The summed E-state index contributed by atoms with van der Waals surface area (Å²) < 4.78 is 6.11. The van der Waals surface area contributed by atoms with Crippen molar-refractivity contribution in [2.75, 3.05) is 0 Å². The highest BCUT2D eigenvalue weighted by Gasteiger charge is 2.09. The molecule has 2 aromatic rings. The number of furan rings is 1. The van der Waals surface area contributed by atoms with Crippen LogP contribution in [0.1, 0.15) is 16.5 Å². The summed E-state index contributed by atoms with van der Waals surface area (Å²) in [5.41, 5.74) is 7.06. The van der Waals surface area contributed by atoms with Crippen molar-refractivity contribution in [1.82, 2.24) is 0 Å². The number of hydrogen-bond acceptors (Lipinski definition) is 3. The van der Waals surface area contributed by atoms with Crippen molar-refractivity contribution < 1.29 is 4.42 Å². The molecule has 1 atom stereocenters. The van der Waals surface area contributed by atoms with Crippen molar-refractivity contribution >= 4 is 27.3 Å². The predicted molar refractivity (Wildman–Crippen MR) is 61.4 cm³/mol. The molecule has 0 amide bonds. The lowest BCUT2D eigenvalue weighted by Gasteiger charge is -2.06. The van der Waals surface area contributed by atoms with Crippen molar-refractivity contribution in [2.45, 2.75) is 12.5 Å². The second kappa shape index (κ2) is 4.29. The van der Waals surface area contributed by atoms with Gasteiger partial charge in [0.25, 0.3) is 0 Å². The van der Waals surface area contributed by atoms with E-state index in [9.17, 15) is 0 Å². The molecule has 0 aliphatic carbocycles. The van der Waals surface area contributed by atoms with Gasteiger partial charge in [0.05, 0.1) is 12.5 Å². The lowest BCUT2D eigenvalue weighted by atomic mass is 10.1. The molecule has 0 saturated carbocycles. The highest BCUT2D eigenvalue weighted by atomic mass is 79.9. The standard InChI is InChI=1S/C10H10BrNOS/c11-8-3-9(14-6-8)4-10(12)7-1-2-13-5-7/h1-3,5-6,10H,4,12H2. The summed E-state index contributed by atoms with van der Waals surface area (Å²) in [7, 11) is 0. The summed E-state index contributed by atoms with van der Waals surface area (Å²) in [6.07, 6.45) is 4.21. The molecule has 2 heterocycles. The van der Waals surface area contributed by atoms with Crippen LogP contribution in [0.4, 0.5) is 0 Å². The van der Waals surface area contributed by atoms with Gasteiger partial charge < -0.3 is 10.2 Å². The summed E-state index contributed by atoms with van der Waals surface area (Å²) in [6, 6.07) is 4.04. The van der Waals surface area contributed by atoms with Crippen molar-refractivity contribution in [2.24, 2.45) is 5.73 Å². The van der Waals surface area contributed by atoms with Gasteiger partial charge in [0.1, 0.15) is 0 Å². The molecule has 0 bridgehead atoms. The predicted octanol–water partition coefficient (Wildman–Crippen LogP) is 3.35. The summed E-state index contributed by atoms with van der Waals surface area (Å²) in [4.78, 5) is 1.28. The molecule has 4 heteroatoms. The van der Waals surface area contributed by atoms with Crippen LogP contribution < -0.4 is 5.73 Å². The van der Waals surface area contributed by atoms with Gasteiger partial charge in [-0.2, -0.15) is 0 Å². The van der Waals surface area contributed by atoms with Gasteiger partial charge in [-0.1, -0.05) is 0 Å². The van der Waals surface area contributed by atoms with Crippen LogP contribution in [0.2, 0.25) is 0 Å². The number of rotatable bonds is 3. The Morgan fingerprint density at radius 3 is 3.00 bits per heavy atom. The Labute approximate surface area is 94.9 Å². The summed E-state index contributed by atoms with van der Waals surface area (Å²) >= 11 is 5.14. The van der Waals surface area contributed by atoms with Gasteiger partial charge in [-0.05, 0) is 28.1 Å². The minimum Gasteiger partial charge on any atom is -0.472 e. The second-order valence-electron chi connectivity index (χ2n) is 3.10. The molecule has 14 heavy (non-hydrogen) atoms. The van der Waals surface area contributed by atoms with Crippen LogP contribution >= 0.6 is 27.3 Å². The Kier molecular flexibility index (Phi) is 3.05. The molecule has 74 valence electrons. The smallest absolute Gasteiger partial charge is 0.0950 e. The molecule has 0 fully saturated rings. The molecule has 0 spiro atoms. The number of thiophene rings is 1. The van der Waals surface area contributed by atoms with E-state index >= 15 is 0 Å². The lowest BCUT2D eigenvalue weighted by molar-refractivity contribution is 0.558. The molecule has 2 rings (SSSR count). The lowest BCUT2D eigenvalue weighted by Crippen LogP contribution is -2.11. The van der Waals surface area contributed by atoms with Crippen LogP contribution in [-0.2, 0) is 6.42 Å². The molecule has 2 N–H and O–H groups in total. The fourth-order valence-corrected chi connectivity index (χ4v) is 2.79. The molecule has 0 aliphatic rings. The Morgan fingerprint density at radius 1 is 1.57 bits per heavy atom. The molecular formula is C10H10BrNOS.